The van der Waals surface area contributed by atoms with E-state index in [1.807, 2.05) is 54.6 Å². The number of carbonyl (C=O) groups excluding carboxylic acids is 2. The third-order valence-corrected chi connectivity index (χ3v) is 4.90. The number of amides is 1. The summed E-state index contributed by atoms with van der Waals surface area (Å²) in [5.41, 5.74) is 3.06. The van der Waals surface area contributed by atoms with Gasteiger partial charge in [-0.1, -0.05) is 54.6 Å². The van der Waals surface area contributed by atoms with Crippen molar-refractivity contribution in [1.82, 2.24) is 9.88 Å². The highest BCUT2D eigenvalue weighted by molar-refractivity contribution is 5.78. The zero-order valence-corrected chi connectivity index (χ0v) is 18.3. The van der Waals surface area contributed by atoms with Crippen molar-refractivity contribution in [2.24, 2.45) is 0 Å². The minimum Gasteiger partial charge on any atom is -0.483 e. The van der Waals surface area contributed by atoms with Gasteiger partial charge in [-0.05, 0) is 35.7 Å². The molecule has 1 aromatic heterocycles. The van der Waals surface area contributed by atoms with Gasteiger partial charge in [0.2, 0.25) is 0 Å². The van der Waals surface area contributed by atoms with E-state index in [0.717, 1.165) is 11.1 Å². The quantitative estimate of drug-likeness (QED) is 0.428. The normalized spacial score (nSPS) is 10.4. The van der Waals surface area contributed by atoms with Crippen LogP contribution in [0.2, 0.25) is 0 Å². The topological polar surface area (TPSA) is 68.7 Å². The summed E-state index contributed by atoms with van der Waals surface area (Å²) in [7, 11) is 0. The van der Waals surface area contributed by atoms with Crippen LogP contribution in [0.25, 0.3) is 0 Å². The lowest BCUT2D eigenvalue weighted by Gasteiger charge is -2.23. The number of nitrogens with zero attached hydrogens (tertiary/aromatic N) is 2. The van der Waals surface area contributed by atoms with Crippen LogP contribution in [-0.4, -0.2) is 41.5 Å². The summed E-state index contributed by atoms with van der Waals surface area (Å²) >= 11 is 0. The summed E-state index contributed by atoms with van der Waals surface area (Å²) in [4.78, 5) is 30.5. The van der Waals surface area contributed by atoms with Crippen LogP contribution >= 0.6 is 0 Å². The van der Waals surface area contributed by atoms with Gasteiger partial charge in [0.1, 0.15) is 5.75 Å². The molecular weight excluding hydrogens is 404 g/mol. The molecule has 0 aliphatic rings. The van der Waals surface area contributed by atoms with E-state index in [1.165, 1.54) is 5.56 Å². The summed E-state index contributed by atoms with van der Waals surface area (Å²) in [5, 5.41) is 0. The van der Waals surface area contributed by atoms with Crippen LogP contribution in [0.3, 0.4) is 0 Å². The maximum absolute atomic E-state index is 13.0. The van der Waals surface area contributed by atoms with Gasteiger partial charge in [-0.3, -0.25) is 14.6 Å². The second kappa shape index (κ2) is 12.2. The molecule has 0 unspecified atom stereocenters. The lowest BCUT2D eigenvalue weighted by molar-refractivity contribution is -0.144. The molecule has 3 rings (SSSR count). The molecule has 6 heteroatoms. The first-order chi connectivity index (χ1) is 15.7. The molecule has 6 nitrogen and oxygen atoms in total. The zero-order valence-electron chi connectivity index (χ0n) is 18.3. The zero-order chi connectivity index (χ0) is 22.6. The van der Waals surface area contributed by atoms with Crippen LogP contribution in [0.15, 0.2) is 79.1 Å². The second-order valence-corrected chi connectivity index (χ2v) is 7.29. The molecule has 166 valence electrons. The van der Waals surface area contributed by atoms with Crippen molar-refractivity contribution >= 4 is 11.9 Å². The maximum Gasteiger partial charge on any atom is 0.307 e. The van der Waals surface area contributed by atoms with Gasteiger partial charge in [-0.15, -0.1) is 0 Å². The highest BCUT2D eigenvalue weighted by Gasteiger charge is 2.17. The van der Waals surface area contributed by atoms with Crippen molar-refractivity contribution in [2.75, 3.05) is 19.8 Å². The van der Waals surface area contributed by atoms with Crippen LogP contribution in [-0.2, 0) is 27.3 Å². The molecule has 32 heavy (non-hydrogen) atoms. The van der Waals surface area contributed by atoms with Crippen molar-refractivity contribution in [3.8, 4) is 5.75 Å². The van der Waals surface area contributed by atoms with E-state index in [9.17, 15) is 9.59 Å². The molecule has 0 bridgehead atoms. The fourth-order valence-corrected chi connectivity index (χ4v) is 3.30. The van der Waals surface area contributed by atoms with Gasteiger partial charge in [0, 0.05) is 31.9 Å². The Kier molecular flexibility index (Phi) is 8.80. The fourth-order valence-electron chi connectivity index (χ4n) is 3.30. The summed E-state index contributed by atoms with van der Waals surface area (Å²) in [6, 6.07) is 21.6. The van der Waals surface area contributed by atoms with Gasteiger partial charge in [0.15, 0.2) is 6.61 Å². The lowest BCUT2D eigenvalue weighted by atomic mass is 10.0. The minimum atomic E-state index is -0.328. The molecule has 0 aliphatic heterocycles. The second-order valence-electron chi connectivity index (χ2n) is 7.29. The predicted octanol–water partition coefficient (Wildman–Crippen LogP) is 4.03. The average Bonchev–Trinajstić information content (AvgIpc) is 2.82. The smallest absolute Gasteiger partial charge is 0.307 e. The highest BCUT2D eigenvalue weighted by Crippen LogP contribution is 2.21. The van der Waals surface area contributed by atoms with Crippen LogP contribution in [0.1, 0.15) is 30.0 Å². The predicted molar refractivity (Wildman–Crippen MR) is 122 cm³/mol. The first kappa shape index (κ1) is 23.0. The first-order valence-corrected chi connectivity index (χ1v) is 10.7. The number of ether oxygens (including phenoxy) is 2. The van der Waals surface area contributed by atoms with E-state index in [-0.39, 0.29) is 31.4 Å². The van der Waals surface area contributed by atoms with Crippen molar-refractivity contribution in [1.29, 1.82) is 0 Å². The standard InChI is InChI=1S/C26H28N2O4/c1-2-31-26(30)14-16-28(19-22-11-8-15-27-18-22)25(29)20-32-24-13-7-6-12-23(24)17-21-9-4-3-5-10-21/h3-13,15,18H,2,14,16-17,19-20H2,1H3. The third kappa shape index (κ3) is 7.23. The van der Waals surface area contributed by atoms with Crippen molar-refractivity contribution in [2.45, 2.75) is 26.3 Å². The number of para-hydroxylation sites is 1. The molecule has 1 heterocycles. The van der Waals surface area contributed by atoms with Gasteiger partial charge in [0.25, 0.3) is 5.91 Å². The maximum atomic E-state index is 13.0. The number of aromatic nitrogens is 1. The molecule has 2 aromatic carbocycles. The lowest BCUT2D eigenvalue weighted by Crippen LogP contribution is -2.36. The molecular formula is C26H28N2O4. The number of rotatable bonds is 11. The monoisotopic (exact) mass is 432 g/mol. The number of hydrogen-bond donors (Lipinski definition) is 0. The van der Waals surface area contributed by atoms with E-state index in [2.05, 4.69) is 17.1 Å². The van der Waals surface area contributed by atoms with E-state index in [1.54, 1.807) is 24.2 Å². The Labute approximate surface area is 188 Å². The van der Waals surface area contributed by atoms with Crippen LogP contribution in [0.4, 0.5) is 0 Å². The largest absolute Gasteiger partial charge is 0.483 e. The minimum absolute atomic E-state index is 0.116. The average molecular weight is 433 g/mol. The number of esters is 1. The number of carbonyl (C=O) groups is 2. The summed E-state index contributed by atoms with van der Waals surface area (Å²) < 4.78 is 10.9. The Morgan fingerprint density at radius 1 is 0.938 bits per heavy atom. The van der Waals surface area contributed by atoms with E-state index >= 15 is 0 Å². The van der Waals surface area contributed by atoms with E-state index in [0.29, 0.717) is 25.3 Å². The summed E-state index contributed by atoms with van der Waals surface area (Å²) in [5.74, 6) is 0.148. The molecule has 0 radical (unpaired) electrons. The number of benzene rings is 2. The number of hydrogen-bond acceptors (Lipinski definition) is 5. The summed E-state index contributed by atoms with van der Waals surface area (Å²) in [6.45, 7) is 2.56. The van der Waals surface area contributed by atoms with Crippen molar-refractivity contribution < 1.29 is 19.1 Å². The first-order valence-electron chi connectivity index (χ1n) is 10.7. The molecule has 0 saturated carbocycles. The van der Waals surface area contributed by atoms with Gasteiger partial charge in [0.05, 0.1) is 13.0 Å². The van der Waals surface area contributed by atoms with Gasteiger partial charge >= 0.3 is 5.97 Å². The molecule has 1 amide bonds. The third-order valence-electron chi connectivity index (χ3n) is 4.90. The van der Waals surface area contributed by atoms with Gasteiger partial charge < -0.3 is 14.4 Å². The van der Waals surface area contributed by atoms with Gasteiger partial charge in [-0.25, -0.2) is 0 Å². The Bertz CT molecular complexity index is 993. The van der Waals surface area contributed by atoms with Crippen molar-refractivity contribution in [3.63, 3.8) is 0 Å². The Morgan fingerprint density at radius 2 is 1.69 bits per heavy atom. The SMILES string of the molecule is CCOC(=O)CCN(Cc1cccnc1)C(=O)COc1ccccc1Cc1ccccc1. The molecule has 0 spiro atoms. The highest BCUT2D eigenvalue weighted by atomic mass is 16.5. The van der Waals surface area contributed by atoms with Crippen LogP contribution in [0.5, 0.6) is 5.75 Å². The van der Waals surface area contributed by atoms with E-state index in [4.69, 9.17) is 9.47 Å². The molecule has 0 N–H and O–H groups in total. The molecule has 0 aliphatic carbocycles. The molecule has 0 fully saturated rings. The molecule has 0 saturated heterocycles. The summed E-state index contributed by atoms with van der Waals surface area (Å²) in [6.07, 6.45) is 4.24. The number of pyridine rings is 1. The Hall–Kier alpha value is -3.67. The van der Waals surface area contributed by atoms with Gasteiger partial charge in [-0.2, -0.15) is 0 Å². The van der Waals surface area contributed by atoms with E-state index < -0.39 is 0 Å². The molecule has 3 aromatic rings. The van der Waals surface area contributed by atoms with Crippen LogP contribution < -0.4 is 4.74 Å². The fraction of sp³-hybridized carbons (Fsp3) is 0.269. The Morgan fingerprint density at radius 3 is 2.44 bits per heavy atom. The Balaban J connectivity index is 1.65. The molecule has 0 atom stereocenters. The van der Waals surface area contributed by atoms with Crippen LogP contribution in [0, 0.1) is 0 Å². The van der Waals surface area contributed by atoms with Crippen molar-refractivity contribution in [3.05, 3.63) is 95.8 Å².